The lowest BCUT2D eigenvalue weighted by atomic mass is 10.0. The van der Waals surface area contributed by atoms with E-state index in [4.69, 9.17) is 10.3 Å². The molecule has 2 atom stereocenters. The van der Waals surface area contributed by atoms with E-state index in [1.807, 2.05) is 0 Å². The molecule has 0 saturated carbocycles. The number of nitrogens with zero attached hydrogens (tertiary/aromatic N) is 2. The van der Waals surface area contributed by atoms with Crippen molar-refractivity contribution in [3.63, 3.8) is 0 Å². The molecule has 2 N–H and O–H groups in total. The third-order valence-corrected chi connectivity index (χ3v) is 3.94. The normalized spacial score (nSPS) is 19.3. The standard InChI is InChI=1S/C16H21N3O/c1-10(2)9-14(17)16-18-15(19-20-16)13-8-7-11-5-3-4-6-12(11)13/h3-6,10,13-14H,7-9,17H2,1-2H3/t13?,14-/m0/s1. The third kappa shape index (κ3) is 2.48. The number of fused-ring (bicyclic) bond motifs is 1. The van der Waals surface area contributed by atoms with Crippen molar-refractivity contribution in [2.24, 2.45) is 11.7 Å². The summed E-state index contributed by atoms with van der Waals surface area (Å²) in [5.41, 5.74) is 8.84. The van der Waals surface area contributed by atoms with Crippen LogP contribution in [0, 0.1) is 5.92 Å². The summed E-state index contributed by atoms with van der Waals surface area (Å²) in [5.74, 6) is 2.13. The zero-order valence-corrected chi connectivity index (χ0v) is 12.0. The molecule has 3 rings (SSSR count). The van der Waals surface area contributed by atoms with Gasteiger partial charge >= 0.3 is 0 Å². The Morgan fingerprint density at radius 1 is 1.35 bits per heavy atom. The Kier molecular flexibility index (Phi) is 3.57. The molecule has 106 valence electrons. The van der Waals surface area contributed by atoms with Crippen molar-refractivity contribution < 1.29 is 4.52 Å². The second-order valence-corrected chi connectivity index (χ2v) is 6.02. The Bertz CT molecular complexity index is 591. The topological polar surface area (TPSA) is 64.9 Å². The Balaban J connectivity index is 1.81. The first-order valence-corrected chi connectivity index (χ1v) is 7.32. The fourth-order valence-electron chi connectivity index (χ4n) is 2.97. The molecule has 1 aromatic heterocycles. The van der Waals surface area contributed by atoms with Crippen LogP contribution in [0.1, 0.15) is 61.5 Å². The van der Waals surface area contributed by atoms with Crippen molar-refractivity contribution in [3.05, 3.63) is 47.1 Å². The summed E-state index contributed by atoms with van der Waals surface area (Å²) in [4.78, 5) is 4.54. The van der Waals surface area contributed by atoms with Crippen LogP contribution in [0.5, 0.6) is 0 Å². The molecule has 0 fully saturated rings. The highest BCUT2D eigenvalue weighted by molar-refractivity contribution is 5.38. The third-order valence-electron chi connectivity index (χ3n) is 3.94. The quantitative estimate of drug-likeness (QED) is 0.927. The minimum absolute atomic E-state index is 0.159. The SMILES string of the molecule is CC(C)C[C@H](N)c1nc(C2CCc3ccccc32)no1. The monoisotopic (exact) mass is 271 g/mol. The van der Waals surface area contributed by atoms with Crippen molar-refractivity contribution >= 4 is 0 Å². The van der Waals surface area contributed by atoms with E-state index in [1.54, 1.807) is 0 Å². The van der Waals surface area contributed by atoms with Gasteiger partial charge in [-0.05, 0) is 36.3 Å². The summed E-state index contributed by atoms with van der Waals surface area (Å²) < 4.78 is 5.37. The van der Waals surface area contributed by atoms with Crippen molar-refractivity contribution in [1.82, 2.24) is 10.1 Å². The van der Waals surface area contributed by atoms with Crippen molar-refractivity contribution in [3.8, 4) is 0 Å². The van der Waals surface area contributed by atoms with E-state index in [-0.39, 0.29) is 12.0 Å². The minimum Gasteiger partial charge on any atom is -0.338 e. The maximum atomic E-state index is 6.11. The van der Waals surface area contributed by atoms with Crippen molar-refractivity contribution in [2.45, 2.75) is 45.1 Å². The molecule has 1 aliphatic carbocycles. The molecule has 4 heteroatoms. The smallest absolute Gasteiger partial charge is 0.243 e. The molecule has 0 bridgehead atoms. The molecule has 0 radical (unpaired) electrons. The number of rotatable bonds is 4. The second kappa shape index (κ2) is 5.37. The van der Waals surface area contributed by atoms with Crippen LogP contribution in [0.25, 0.3) is 0 Å². The average Bonchev–Trinajstić information content (AvgIpc) is 3.04. The summed E-state index contributed by atoms with van der Waals surface area (Å²) in [6.07, 6.45) is 3.00. The molecule has 20 heavy (non-hydrogen) atoms. The highest BCUT2D eigenvalue weighted by Gasteiger charge is 2.28. The van der Waals surface area contributed by atoms with E-state index in [0.29, 0.717) is 11.8 Å². The zero-order chi connectivity index (χ0) is 14.1. The van der Waals surface area contributed by atoms with Crippen LogP contribution < -0.4 is 5.73 Å². The molecule has 0 spiro atoms. The zero-order valence-electron chi connectivity index (χ0n) is 12.0. The molecule has 0 saturated heterocycles. The Hall–Kier alpha value is -1.68. The predicted molar refractivity (Wildman–Crippen MR) is 77.3 cm³/mol. The van der Waals surface area contributed by atoms with E-state index >= 15 is 0 Å². The molecule has 0 amide bonds. The van der Waals surface area contributed by atoms with Crippen LogP contribution >= 0.6 is 0 Å². The number of aryl methyl sites for hydroxylation is 1. The van der Waals surface area contributed by atoms with E-state index in [1.165, 1.54) is 11.1 Å². The van der Waals surface area contributed by atoms with E-state index in [2.05, 4.69) is 48.3 Å². The fraction of sp³-hybridized carbons (Fsp3) is 0.500. The first kappa shape index (κ1) is 13.3. The average molecular weight is 271 g/mol. The largest absolute Gasteiger partial charge is 0.338 e. The molecular formula is C16H21N3O. The van der Waals surface area contributed by atoms with Gasteiger partial charge in [0.2, 0.25) is 5.89 Å². The number of nitrogens with two attached hydrogens (primary N) is 1. The van der Waals surface area contributed by atoms with E-state index in [9.17, 15) is 0 Å². The lowest BCUT2D eigenvalue weighted by Gasteiger charge is -2.09. The first-order chi connectivity index (χ1) is 9.65. The minimum atomic E-state index is -0.159. The Labute approximate surface area is 119 Å². The second-order valence-electron chi connectivity index (χ2n) is 6.02. The van der Waals surface area contributed by atoms with Gasteiger partial charge in [0, 0.05) is 5.92 Å². The molecular weight excluding hydrogens is 250 g/mol. The maximum absolute atomic E-state index is 6.11. The molecule has 1 aromatic carbocycles. The number of hydrogen-bond donors (Lipinski definition) is 1. The fourth-order valence-corrected chi connectivity index (χ4v) is 2.97. The summed E-state index contributed by atoms with van der Waals surface area (Å²) in [7, 11) is 0. The number of benzene rings is 1. The Morgan fingerprint density at radius 2 is 2.15 bits per heavy atom. The summed E-state index contributed by atoms with van der Waals surface area (Å²) in [6.45, 7) is 4.29. The van der Waals surface area contributed by atoms with Crippen LogP contribution in [-0.2, 0) is 6.42 Å². The van der Waals surface area contributed by atoms with Gasteiger partial charge in [0.25, 0.3) is 0 Å². The molecule has 4 nitrogen and oxygen atoms in total. The van der Waals surface area contributed by atoms with Gasteiger partial charge in [-0.15, -0.1) is 0 Å². The molecule has 1 unspecified atom stereocenters. The van der Waals surface area contributed by atoms with Gasteiger partial charge in [-0.3, -0.25) is 0 Å². The van der Waals surface area contributed by atoms with Gasteiger partial charge in [-0.25, -0.2) is 0 Å². The molecule has 0 aliphatic heterocycles. The maximum Gasteiger partial charge on any atom is 0.243 e. The van der Waals surface area contributed by atoms with Gasteiger partial charge in [0.05, 0.1) is 6.04 Å². The van der Waals surface area contributed by atoms with Crippen molar-refractivity contribution in [2.75, 3.05) is 0 Å². The van der Waals surface area contributed by atoms with E-state index in [0.717, 1.165) is 25.1 Å². The Morgan fingerprint density at radius 3 is 2.95 bits per heavy atom. The number of hydrogen-bond acceptors (Lipinski definition) is 4. The highest BCUT2D eigenvalue weighted by atomic mass is 16.5. The summed E-state index contributed by atoms with van der Waals surface area (Å²) >= 11 is 0. The molecule has 2 aromatic rings. The first-order valence-electron chi connectivity index (χ1n) is 7.32. The van der Waals surface area contributed by atoms with E-state index < -0.39 is 0 Å². The van der Waals surface area contributed by atoms with Crippen LogP contribution in [0.15, 0.2) is 28.8 Å². The summed E-state index contributed by atoms with van der Waals surface area (Å²) in [6, 6.07) is 8.34. The van der Waals surface area contributed by atoms with Gasteiger partial charge < -0.3 is 10.3 Å². The van der Waals surface area contributed by atoms with Crippen LogP contribution in [0.3, 0.4) is 0 Å². The van der Waals surface area contributed by atoms with Gasteiger partial charge in [0.15, 0.2) is 5.82 Å². The van der Waals surface area contributed by atoms with Crippen LogP contribution in [0.4, 0.5) is 0 Å². The lowest BCUT2D eigenvalue weighted by Crippen LogP contribution is -2.13. The molecule has 1 aliphatic rings. The van der Waals surface area contributed by atoms with Crippen molar-refractivity contribution in [1.29, 1.82) is 0 Å². The van der Waals surface area contributed by atoms with Gasteiger partial charge in [-0.2, -0.15) is 4.98 Å². The number of aromatic nitrogens is 2. The highest BCUT2D eigenvalue weighted by Crippen LogP contribution is 2.36. The predicted octanol–water partition coefficient (Wildman–Crippen LogP) is 3.19. The van der Waals surface area contributed by atoms with Gasteiger partial charge in [0.1, 0.15) is 0 Å². The summed E-state index contributed by atoms with van der Waals surface area (Å²) in [5, 5.41) is 4.16. The molecule has 1 heterocycles. The van der Waals surface area contributed by atoms with Crippen LogP contribution in [0.2, 0.25) is 0 Å². The van der Waals surface area contributed by atoms with Gasteiger partial charge in [-0.1, -0.05) is 43.3 Å². The van der Waals surface area contributed by atoms with Crippen LogP contribution in [-0.4, -0.2) is 10.1 Å². The lowest BCUT2D eigenvalue weighted by molar-refractivity contribution is 0.331.